The van der Waals surface area contributed by atoms with E-state index in [0.717, 1.165) is 25.2 Å². The van der Waals surface area contributed by atoms with E-state index in [4.69, 9.17) is 0 Å². The molecule has 0 unspecified atom stereocenters. The van der Waals surface area contributed by atoms with Crippen molar-refractivity contribution in [2.75, 3.05) is 0 Å². The lowest BCUT2D eigenvalue weighted by molar-refractivity contribution is 0.563. The average molecular weight is 283 g/mol. The zero-order valence-electron chi connectivity index (χ0n) is 11.0. The fourth-order valence-corrected chi connectivity index (χ4v) is 2.58. The lowest BCUT2D eigenvalue weighted by Crippen LogP contribution is -2.17. The molecule has 9 heteroatoms. The minimum Gasteiger partial charge on any atom is -0.270 e. The summed E-state index contributed by atoms with van der Waals surface area (Å²) >= 11 is 1.46. The Kier molecular flexibility index (Phi) is 4.72. The third-order valence-electron chi connectivity index (χ3n) is 2.54. The van der Waals surface area contributed by atoms with Crippen molar-refractivity contribution < 1.29 is 0 Å². The summed E-state index contributed by atoms with van der Waals surface area (Å²) < 4.78 is 3.42. The molecule has 0 saturated carbocycles. The summed E-state index contributed by atoms with van der Waals surface area (Å²) in [6.45, 7) is 5.56. The third kappa shape index (κ3) is 3.22. The predicted octanol–water partition coefficient (Wildman–Crippen LogP) is 0.670. The Hall–Kier alpha value is -1.64. The van der Waals surface area contributed by atoms with Gasteiger partial charge in [0.1, 0.15) is 0 Å². The average Bonchev–Trinajstić information content (AvgIpc) is 2.97. The molecule has 0 aliphatic rings. The molecule has 0 aliphatic heterocycles. The Labute approximate surface area is 114 Å². The maximum absolute atomic E-state index is 11.5. The highest BCUT2D eigenvalue weighted by molar-refractivity contribution is 7.98. The van der Waals surface area contributed by atoms with Gasteiger partial charge in [-0.3, -0.25) is 4.57 Å². The first-order valence-corrected chi connectivity index (χ1v) is 7.27. The summed E-state index contributed by atoms with van der Waals surface area (Å²) in [5.41, 5.74) is -0.169. The number of aromatic nitrogens is 7. The Morgan fingerprint density at radius 2 is 2.05 bits per heavy atom. The molecule has 0 radical (unpaired) electrons. The van der Waals surface area contributed by atoms with Crippen molar-refractivity contribution in [2.45, 2.75) is 50.7 Å². The van der Waals surface area contributed by atoms with Gasteiger partial charge in [0.25, 0.3) is 0 Å². The topological polar surface area (TPSA) is 94.3 Å². The first kappa shape index (κ1) is 13.8. The highest BCUT2D eigenvalue weighted by Gasteiger charge is 2.11. The van der Waals surface area contributed by atoms with E-state index in [0.29, 0.717) is 17.5 Å². The molecule has 2 heterocycles. The van der Waals surface area contributed by atoms with E-state index in [1.54, 1.807) is 9.25 Å². The molecule has 2 rings (SSSR count). The minimum absolute atomic E-state index is 0.169. The van der Waals surface area contributed by atoms with Crippen LogP contribution in [0.3, 0.4) is 0 Å². The van der Waals surface area contributed by atoms with Gasteiger partial charge in [-0.15, -0.1) is 10.2 Å². The van der Waals surface area contributed by atoms with Crippen LogP contribution in [-0.2, 0) is 18.8 Å². The molecule has 104 valence electrons. The largest absolute Gasteiger partial charge is 0.343 e. The minimum atomic E-state index is -0.169. The van der Waals surface area contributed by atoms with Crippen molar-refractivity contribution in [3.8, 4) is 0 Å². The lowest BCUT2D eigenvalue weighted by Gasteiger charge is -2.04. The Morgan fingerprint density at radius 3 is 2.79 bits per heavy atom. The molecule has 0 fully saturated rings. The van der Waals surface area contributed by atoms with Crippen molar-refractivity contribution in [1.82, 2.24) is 35.0 Å². The molecule has 0 saturated heterocycles. The Bertz CT molecular complexity index is 572. The SMILES string of the molecule is CCCn1nnnc1CSc1n[nH]c(=O)n1CCC. The quantitative estimate of drug-likeness (QED) is 0.751. The molecule has 0 aromatic carbocycles. The molecule has 2 aromatic heterocycles. The zero-order chi connectivity index (χ0) is 13.7. The van der Waals surface area contributed by atoms with Crippen molar-refractivity contribution in [2.24, 2.45) is 0 Å². The molecule has 0 spiro atoms. The summed E-state index contributed by atoms with van der Waals surface area (Å²) in [6, 6.07) is 0. The van der Waals surface area contributed by atoms with E-state index in [2.05, 4.69) is 32.6 Å². The van der Waals surface area contributed by atoms with E-state index >= 15 is 0 Å². The Balaban J connectivity index is 2.06. The number of thioether (sulfide) groups is 1. The third-order valence-corrected chi connectivity index (χ3v) is 3.51. The van der Waals surface area contributed by atoms with Gasteiger partial charge in [0.2, 0.25) is 0 Å². The second kappa shape index (κ2) is 6.50. The second-order valence-electron chi connectivity index (χ2n) is 4.07. The van der Waals surface area contributed by atoms with Crippen molar-refractivity contribution in [3.05, 3.63) is 16.3 Å². The number of hydrogen-bond acceptors (Lipinski definition) is 6. The number of H-pyrrole nitrogens is 1. The van der Waals surface area contributed by atoms with Gasteiger partial charge in [-0.1, -0.05) is 25.6 Å². The number of nitrogens with one attached hydrogen (secondary N) is 1. The molecule has 19 heavy (non-hydrogen) atoms. The van der Waals surface area contributed by atoms with Crippen LogP contribution in [0.2, 0.25) is 0 Å². The number of hydrogen-bond donors (Lipinski definition) is 1. The van der Waals surface area contributed by atoms with Crippen LogP contribution >= 0.6 is 11.8 Å². The highest BCUT2D eigenvalue weighted by atomic mass is 32.2. The van der Waals surface area contributed by atoms with E-state index in [9.17, 15) is 4.79 Å². The van der Waals surface area contributed by atoms with Crippen LogP contribution in [0, 0.1) is 0 Å². The first-order chi connectivity index (χ1) is 9.26. The molecule has 8 nitrogen and oxygen atoms in total. The maximum atomic E-state index is 11.5. The standard InChI is InChI=1S/C10H17N7OS/c1-3-5-16-9(18)12-13-10(16)19-7-8-11-14-15-17(8)6-4-2/h3-7H2,1-2H3,(H,12,18). The van der Waals surface area contributed by atoms with E-state index < -0.39 is 0 Å². The van der Waals surface area contributed by atoms with E-state index in [1.165, 1.54) is 11.8 Å². The van der Waals surface area contributed by atoms with Gasteiger partial charge in [-0.25, -0.2) is 14.6 Å². The molecular formula is C10H17N7OS. The summed E-state index contributed by atoms with van der Waals surface area (Å²) in [7, 11) is 0. The molecule has 0 aliphatic carbocycles. The number of aromatic amines is 1. The van der Waals surface area contributed by atoms with Crippen molar-refractivity contribution in [3.63, 3.8) is 0 Å². The van der Waals surface area contributed by atoms with Crippen molar-refractivity contribution >= 4 is 11.8 Å². The Morgan fingerprint density at radius 1 is 1.26 bits per heavy atom. The number of tetrazole rings is 1. The van der Waals surface area contributed by atoms with Crippen LogP contribution in [0.25, 0.3) is 0 Å². The van der Waals surface area contributed by atoms with Gasteiger partial charge >= 0.3 is 5.69 Å². The van der Waals surface area contributed by atoms with E-state index in [1.807, 2.05) is 6.92 Å². The van der Waals surface area contributed by atoms with E-state index in [-0.39, 0.29) is 5.69 Å². The molecule has 2 aromatic rings. The highest BCUT2D eigenvalue weighted by Crippen LogP contribution is 2.18. The number of nitrogens with zero attached hydrogens (tertiary/aromatic N) is 6. The first-order valence-electron chi connectivity index (χ1n) is 6.29. The fourth-order valence-electron chi connectivity index (χ4n) is 1.68. The molecular weight excluding hydrogens is 266 g/mol. The van der Waals surface area contributed by atoms with Gasteiger partial charge < -0.3 is 0 Å². The fraction of sp³-hybridized carbons (Fsp3) is 0.700. The summed E-state index contributed by atoms with van der Waals surface area (Å²) in [6.07, 6.45) is 1.87. The number of aryl methyl sites for hydroxylation is 1. The molecule has 0 bridgehead atoms. The van der Waals surface area contributed by atoms with Crippen molar-refractivity contribution in [1.29, 1.82) is 0 Å². The van der Waals surface area contributed by atoms with Crippen LogP contribution in [-0.4, -0.2) is 35.0 Å². The van der Waals surface area contributed by atoms with Crippen LogP contribution in [0.4, 0.5) is 0 Å². The van der Waals surface area contributed by atoms with Crippen LogP contribution < -0.4 is 5.69 Å². The summed E-state index contributed by atoms with van der Waals surface area (Å²) in [5, 5.41) is 18.8. The summed E-state index contributed by atoms with van der Waals surface area (Å²) in [5.74, 6) is 1.39. The van der Waals surface area contributed by atoms with Crippen LogP contribution in [0.5, 0.6) is 0 Å². The molecule has 0 amide bonds. The molecule has 0 atom stereocenters. The van der Waals surface area contributed by atoms with Gasteiger partial charge in [-0.05, 0) is 23.3 Å². The van der Waals surface area contributed by atoms with Gasteiger partial charge in [0, 0.05) is 13.1 Å². The monoisotopic (exact) mass is 283 g/mol. The second-order valence-corrected chi connectivity index (χ2v) is 5.01. The number of rotatable bonds is 7. The van der Waals surface area contributed by atoms with Gasteiger partial charge in [-0.2, -0.15) is 0 Å². The summed E-state index contributed by atoms with van der Waals surface area (Å²) in [4.78, 5) is 11.5. The predicted molar refractivity (Wildman–Crippen MR) is 70.8 cm³/mol. The normalized spacial score (nSPS) is 11.1. The lowest BCUT2D eigenvalue weighted by atomic mass is 10.5. The smallest absolute Gasteiger partial charge is 0.270 e. The van der Waals surface area contributed by atoms with Gasteiger partial charge in [0.15, 0.2) is 11.0 Å². The van der Waals surface area contributed by atoms with Crippen LogP contribution in [0.1, 0.15) is 32.5 Å². The molecule has 1 N–H and O–H groups in total. The van der Waals surface area contributed by atoms with Crippen LogP contribution in [0.15, 0.2) is 9.95 Å². The van der Waals surface area contributed by atoms with Gasteiger partial charge in [0.05, 0.1) is 5.75 Å². The maximum Gasteiger partial charge on any atom is 0.343 e. The zero-order valence-corrected chi connectivity index (χ0v) is 11.9.